The van der Waals surface area contributed by atoms with Crippen molar-refractivity contribution in [3.05, 3.63) is 35.9 Å². The molecule has 1 aromatic carbocycles. The van der Waals surface area contributed by atoms with Gasteiger partial charge in [-0.3, -0.25) is 4.99 Å². The largest absolute Gasteiger partial charge is 0.391 e. The van der Waals surface area contributed by atoms with Crippen LogP contribution in [0.2, 0.25) is 0 Å². The third-order valence-corrected chi connectivity index (χ3v) is 3.99. The molecule has 1 saturated heterocycles. The molecule has 0 aliphatic carbocycles. The van der Waals surface area contributed by atoms with Crippen LogP contribution in [0, 0.1) is 0 Å². The van der Waals surface area contributed by atoms with Crippen LogP contribution in [0.25, 0.3) is 0 Å². The molecule has 0 aromatic heterocycles. The maximum atomic E-state index is 9.65. The van der Waals surface area contributed by atoms with Gasteiger partial charge in [0.2, 0.25) is 0 Å². The molecule has 1 aliphatic rings. The number of hydrogen-bond acceptors (Lipinski definition) is 2. The lowest BCUT2D eigenvalue weighted by Crippen LogP contribution is -2.40. The van der Waals surface area contributed by atoms with Crippen molar-refractivity contribution >= 4 is 5.96 Å². The SMILES string of the molecule is CCNC(=NCCC(C)c1ccccc1)N1CC[C@@H](O)C1. The van der Waals surface area contributed by atoms with Crippen molar-refractivity contribution in [3.63, 3.8) is 0 Å². The van der Waals surface area contributed by atoms with Crippen molar-refractivity contribution in [2.45, 2.75) is 38.7 Å². The summed E-state index contributed by atoms with van der Waals surface area (Å²) < 4.78 is 0. The van der Waals surface area contributed by atoms with Crippen LogP contribution in [-0.2, 0) is 0 Å². The number of aliphatic imine (C=N–C) groups is 1. The minimum absolute atomic E-state index is 0.211. The van der Waals surface area contributed by atoms with E-state index in [-0.39, 0.29) is 6.10 Å². The predicted octanol–water partition coefficient (Wildman–Crippen LogP) is 2.21. The molecule has 1 heterocycles. The fourth-order valence-corrected chi connectivity index (χ4v) is 2.67. The summed E-state index contributed by atoms with van der Waals surface area (Å²) in [6.07, 6.45) is 1.66. The second-order valence-electron chi connectivity index (χ2n) is 5.72. The molecule has 4 heteroatoms. The number of hydrogen-bond donors (Lipinski definition) is 2. The highest BCUT2D eigenvalue weighted by Gasteiger charge is 2.22. The lowest BCUT2D eigenvalue weighted by Gasteiger charge is -2.21. The highest BCUT2D eigenvalue weighted by molar-refractivity contribution is 5.80. The summed E-state index contributed by atoms with van der Waals surface area (Å²) in [7, 11) is 0. The summed E-state index contributed by atoms with van der Waals surface area (Å²) >= 11 is 0. The Hall–Kier alpha value is -1.55. The molecule has 0 saturated carbocycles. The lowest BCUT2D eigenvalue weighted by molar-refractivity contribution is 0.188. The molecule has 0 bridgehead atoms. The Kier molecular flexibility index (Phi) is 6.05. The molecule has 2 atom stereocenters. The van der Waals surface area contributed by atoms with Crippen LogP contribution in [0.1, 0.15) is 38.2 Å². The molecule has 0 amide bonds. The number of β-amino-alcohol motifs (C(OH)–C–C–N with tert-alkyl or cyclic N) is 1. The first kappa shape index (κ1) is 15.8. The molecular formula is C17H27N3O. The van der Waals surface area contributed by atoms with E-state index in [2.05, 4.69) is 54.4 Å². The molecule has 1 fully saturated rings. The van der Waals surface area contributed by atoms with E-state index in [0.29, 0.717) is 12.5 Å². The Morgan fingerprint density at radius 3 is 2.81 bits per heavy atom. The Morgan fingerprint density at radius 1 is 1.43 bits per heavy atom. The number of aliphatic hydroxyl groups is 1. The van der Waals surface area contributed by atoms with Gasteiger partial charge in [0.1, 0.15) is 0 Å². The zero-order valence-electron chi connectivity index (χ0n) is 13.1. The van der Waals surface area contributed by atoms with Gasteiger partial charge in [-0.05, 0) is 31.2 Å². The normalized spacial score (nSPS) is 20.6. The molecule has 1 unspecified atom stereocenters. The van der Waals surface area contributed by atoms with Gasteiger partial charge in [0, 0.05) is 26.2 Å². The van der Waals surface area contributed by atoms with Crippen LogP contribution >= 0.6 is 0 Å². The van der Waals surface area contributed by atoms with Crippen LogP contribution in [0.3, 0.4) is 0 Å². The fourth-order valence-electron chi connectivity index (χ4n) is 2.67. The average molecular weight is 289 g/mol. The molecule has 1 aliphatic heterocycles. The standard InChI is InChI=1S/C17H27N3O/c1-3-18-17(20-12-10-16(21)13-20)19-11-9-14(2)15-7-5-4-6-8-15/h4-8,14,16,21H,3,9-13H2,1-2H3,(H,18,19)/t14?,16-/m1/s1. The van der Waals surface area contributed by atoms with E-state index in [4.69, 9.17) is 4.99 Å². The summed E-state index contributed by atoms with van der Waals surface area (Å²) in [6, 6.07) is 10.6. The summed E-state index contributed by atoms with van der Waals surface area (Å²) in [4.78, 5) is 6.87. The van der Waals surface area contributed by atoms with Crippen molar-refractivity contribution in [1.82, 2.24) is 10.2 Å². The smallest absolute Gasteiger partial charge is 0.194 e. The zero-order chi connectivity index (χ0) is 15.1. The van der Waals surface area contributed by atoms with E-state index in [1.54, 1.807) is 0 Å². The van der Waals surface area contributed by atoms with Gasteiger partial charge >= 0.3 is 0 Å². The van der Waals surface area contributed by atoms with Crippen molar-refractivity contribution < 1.29 is 5.11 Å². The monoisotopic (exact) mass is 289 g/mol. The first-order valence-electron chi connectivity index (χ1n) is 7.97. The number of likely N-dealkylation sites (tertiary alicyclic amines) is 1. The molecule has 0 radical (unpaired) electrons. The van der Waals surface area contributed by atoms with Crippen LogP contribution in [0.5, 0.6) is 0 Å². The minimum Gasteiger partial charge on any atom is -0.391 e. The molecule has 0 spiro atoms. The van der Waals surface area contributed by atoms with Gasteiger partial charge in [-0.15, -0.1) is 0 Å². The van der Waals surface area contributed by atoms with E-state index in [0.717, 1.165) is 38.4 Å². The van der Waals surface area contributed by atoms with Gasteiger partial charge in [0.25, 0.3) is 0 Å². The molecule has 1 aromatic rings. The molecular weight excluding hydrogens is 262 g/mol. The number of rotatable bonds is 5. The molecule has 2 rings (SSSR count). The zero-order valence-corrected chi connectivity index (χ0v) is 13.1. The maximum absolute atomic E-state index is 9.65. The summed E-state index contributed by atoms with van der Waals surface area (Å²) in [6.45, 7) is 7.58. The van der Waals surface area contributed by atoms with Crippen molar-refractivity contribution in [2.75, 3.05) is 26.2 Å². The Bertz CT molecular complexity index is 447. The Balaban J connectivity index is 1.88. The second kappa shape index (κ2) is 8.03. The van der Waals surface area contributed by atoms with Gasteiger partial charge in [0.05, 0.1) is 6.10 Å². The van der Waals surface area contributed by atoms with E-state index in [9.17, 15) is 5.11 Å². The maximum Gasteiger partial charge on any atom is 0.194 e. The highest BCUT2D eigenvalue weighted by atomic mass is 16.3. The van der Waals surface area contributed by atoms with Gasteiger partial charge in [-0.1, -0.05) is 37.3 Å². The van der Waals surface area contributed by atoms with Crippen molar-refractivity contribution in [3.8, 4) is 0 Å². The van der Waals surface area contributed by atoms with Gasteiger partial charge < -0.3 is 15.3 Å². The third-order valence-electron chi connectivity index (χ3n) is 3.99. The van der Waals surface area contributed by atoms with Gasteiger partial charge in [0.15, 0.2) is 5.96 Å². The van der Waals surface area contributed by atoms with E-state index in [1.807, 2.05) is 0 Å². The fraction of sp³-hybridized carbons (Fsp3) is 0.588. The molecule has 4 nitrogen and oxygen atoms in total. The van der Waals surface area contributed by atoms with E-state index in [1.165, 1.54) is 5.56 Å². The predicted molar refractivity (Wildman–Crippen MR) is 87.6 cm³/mol. The molecule has 21 heavy (non-hydrogen) atoms. The first-order valence-corrected chi connectivity index (χ1v) is 7.97. The number of guanidine groups is 1. The Morgan fingerprint density at radius 2 is 2.19 bits per heavy atom. The highest BCUT2D eigenvalue weighted by Crippen LogP contribution is 2.18. The summed E-state index contributed by atoms with van der Waals surface area (Å²) in [5, 5.41) is 13.0. The number of benzene rings is 1. The average Bonchev–Trinajstić information content (AvgIpc) is 2.93. The minimum atomic E-state index is -0.211. The Labute approximate surface area is 127 Å². The molecule has 2 N–H and O–H groups in total. The summed E-state index contributed by atoms with van der Waals surface area (Å²) in [5.41, 5.74) is 1.37. The first-order chi connectivity index (χ1) is 10.2. The quantitative estimate of drug-likeness (QED) is 0.645. The van der Waals surface area contributed by atoms with E-state index < -0.39 is 0 Å². The van der Waals surface area contributed by atoms with Gasteiger partial charge in [-0.2, -0.15) is 0 Å². The third kappa shape index (κ3) is 4.74. The molecule has 116 valence electrons. The number of aliphatic hydroxyl groups excluding tert-OH is 1. The van der Waals surface area contributed by atoms with Crippen molar-refractivity contribution in [1.29, 1.82) is 0 Å². The lowest BCUT2D eigenvalue weighted by atomic mass is 9.98. The topological polar surface area (TPSA) is 47.9 Å². The number of nitrogens with one attached hydrogen (secondary N) is 1. The number of nitrogens with zero attached hydrogens (tertiary/aromatic N) is 2. The van der Waals surface area contributed by atoms with E-state index >= 15 is 0 Å². The van der Waals surface area contributed by atoms with Crippen molar-refractivity contribution in [2.24, 2.45) is 4.99 Å². The van der Waals surface area contributed by atoms with Crippen LogP contribution in [-0.4, -0.2) is 48.2 Å². The van der Waals surface area contributed by atoms with Gasteiger partial charge in [-0.25, -0.2) is 0 Å². The summed E-state index contributed by atoms with van der Waals surface area (Å²) in [5.74, 6) is 1.45. The van der Waals surface area contributed by atoms with Crippen LogP contribution < -0.4 is 5.32 Å². The van der Waals surface area contributed by atoms with Crippen LogP contribution in [0.4, 0.5) is 0 Å². The second-order valence-corrected chi connectivity index (χ2v) is 5.72. The van der Waals surface area contributed by atoms with Crippen LogP contribution in [0.15, 0.2) is 35.3 Å².